The highest BCUT2D eigenvalue weighted by Crippen LogP contribution is 2.32. The molecule has 1 N–H and O–H groups in total. The largest absolute Gasteiger partial charge is 0.334 e. The molecule has 0 bridgehead atoms. The van der Waals surface area contributed by atoms with Gasteiger partial charge in [0.25, 0.3) is 11.8 Å². The molecule has 10 heteroatoms. The van der Waals surface area contributed by atoms with E-state index in [4.69, 9.17) is 4.52 Å². The minimum atomic E-state index is -3.17. The molecule has 0 saturated carbocycles. The highest BCUT2D eigenvalue weighted by Gasteiger charge is 2.16. The van der Waals surface area contributed by atoms with Crippen molar-refractivity contribution in [2.75, 3.05) is 11.6 Å². The molecule has 0 aliphatic rings. The van der Waals surface area contributed by atoms with E-state index < -0.39 is 9.84 Å². The molecule has 0 aliphatic heterocycles. The van der Waals surface area contributed by atoms with Gasteiger partial charge in [-0.1, -0.05) is 53.7 Å². The van der Waals surface area contributed by atoms with Crippen LogP contribution in [0.4, 0.5) is 5.69 Å². The van der Waals surface area contributed by atoms with Crippen LogP contribution in [-0.4, -0.2) is 40.7 Å². The molecule has 3 aromatic carbocycles. The highest BCUT2D eigenvalue weighted by atomic mass is 32.2. The molecule has 0 fully saturated rings. The number of sulfone groups is 1. The Bertz CT molecular complexity index is 2120. The van der Waals surface area contributed by atoms with Crippen molar-refractivity contribution in [3.05, 3.63) is 137 Å². The van der Waals surface area contributed by atoms with Gasteiger partial charge in [0.1, 0.15) is 0 Å². The van der Waals surface area contributed by atoms with Gasteiger partial charge in [-0.25, -0.2) is 8.42 Å². The summed E-state index contributed by atoms with van der Waals surface area (Å²) >= 11 is 0. The lowest BCUT2D eigenvalue weighted by Gasteiger charge is -2.12. The Balaban J connectivity index is 1.41. The van der Waals surface area contributed by atoms with E-state index in [1.54, 1.807) is 49.8 Å². The Labute approximate surface area is 254 Å². The van der Waals surface area contributed by atoms with Crippen LogP contribution in [0.3, 0.4) is 0 Å². The Hall–Kier alpha value is -5.48. The van der Waals surface area contributed by atoms with E-state index in [0.29, 0.717) is 34.1 Å². The fourth-order valence-electron chi connectivity index (χ4n) is 4.90. The van der Waals surface area contributed by atoms with Gasteiger partial charge in [0.2, 0.25) is 0 Å². The average Bonchev–Trinajstić information content (AvgIpc) is 3.45. The number of anilines is 1. The molecule has 0 spiro atoms. The van der Waals surface area contributed by atoms with Crippen LogP contribution < -0.4 is 5.32 Å². The third kappa shape index (κ3) is 6.61. The molecule has 6 rings (SSSR count). The van der Waals surface area contributed by atoms with Crippen LogP contribution in [0.5, 0.6) is 0 Å². The van der Waals surface area contributed by atoms with Gasteiger partial charge < -0.3 is 9.84 Å². The number of benzene rings is 3. The quantitative estimate of drug-likeness (QED) is 0.199. The maximum atomic E-state index is 13.2. The molecular formula is C34H27N5O4S. The molecule has 0 unspecified atom stereocenters. The zero-order valence-corrected chi connectivity index (χ0v) is 24.7. The number of nitrogens with zero attached hydrogens (tertiary/aromatic N) is 4. The van der Waals surface area contributed by atoms with Gasteiger partial charge in [-0.3, -0.25) is 14.8 Å². The summed E-state index contributed by atoms with van der Waals surface area (Å²) in [5.41, 5.74) is 6.53. The van der Waals surface area contributed by atoms with Crippen LogP contribution in [0.25, 0.3) is 33.7 Å². The first-order chi connectivity index (χ1) is 21.2. The lowest BCUT2D eigenvalue weighted by molar-refractivity contribution is 0.102. The number of hydrogen-bond acceptors (Lipinski definition) is 8. The molecule has 9 nitrogen and oxygen atoms in total. The predicted molar refractivity (Wildman–Crippen MR) is 170 cm³/mol. The van der Waals surface area contributed by atoms with Crippen LogP contribution in [0.1, 0.15) is 38.8 Å². The predicted octanol–water partition coefficient (Wildman–Crippen LogP) is 6.37. The average molecular weight is 602 g/mol. The lowest BCUT2D eigenvalue weighted by Crippen LogP contribution is -2.12. The van der Waals surface area contributed by atoms with Gasteiger partial charge in [0.15, 0.2) is 15.7 Å². The van der Waals surface area contributed by atoms with Gasteiger partial charge >= 0.3 is 0 Å². The molecule has 0 saturated heterocycles. The van der Waals surface area contributed by atoms with Gasteiger partial charge in [0, 0.05) is 40.7 Å². The van der Waals surface area contributed by atoms with E-state index in [9.17, 15) is 13.2 Å². The molecule has 0 radical (unpaired) electrons. The number of carbonyl (C=O) groups excluding carboxylic acids is 1. The zero-order valence-electron chi connectivity index (χ0n) is 23.9. The minimum Gasteiger partial charge on any atom is -0.334 e. The van der Waals surface area contributed by atoms with Crippen molar-refractivity contribution < 1.29 is 17.7 Å². The first-order valence-corrected chi connectivity index (χ1v) is 15.8. The van der Waals surface area contributed by atoms with Crippen molar-refractivity contribution in [3.8, 4) is 11.1 Å². The number of aromatic nitrogens is 4. The first kappa shape index (κ1) is 28.6. The molecule has 0 atom stereocenters. The normalized spacial score (nSPS) is 11.9. The van der Waals surface area contributed by atoms with E-state index in [0.717, 1.165) is 33.2 Å². The Morgan fingerprint density at radius 2 is 1.75 bits per heavy atom. The summed E-state index contributed by atoms with van der Waals surface area (Å²) in [6.07, 6.45) is 8.13. The van der Waals surface area contributed by atoms with E-state index >= 15 is 0 Å². The summed E-state index contributed by atoms with van der Waals surface area (Å²) in [4.78, 5) is 26.4. The molecule has 3 aromatic heterocycles. The fraction of sp³-hybridized carbons (Fsp3) is 0.0882. The summed E-state index contributed by atoms with van der Waals surface area (Å²) in [5, 5.41) is 7.71. The molecule has 44 heavy (non-hydrogen) atoms. The van der Waals surface area contributed by atoms with E-state index in [-0.39, 0.29) is 11.7 Å². The van der Waals surface area contributed by atoms with Crippen molar-refractivity contribution in [1.82, 2.24) is 20.1 Å². The summed E-state index contributed by atoms with van der Waals surface area (Å²) in [7, 11) is -3.17. The third-order valence-electron chi connectivity index (χ3n) is 6.85. The second-order valence-electron chi connectivity index (χ2n) is 10.4. The van der Waals surface area contributed by atoms with Gasteiger partial charge in [0.05, 0.1) is 23.2 Å². The summed E-state index contributed by atoms with van der Waals surface area (Å²) in [6, 6.07) is 26.1. The van der Waals surface area contributed by atoms with Crippen LogP contribution in [0, 0.1) is 6.92 Å². The lowest BCUT2D eigenvalue weighted by atomic mass is 9.96. The summed E-state index contributed by atoms with van der Waals surface area (Å²) in [6.45, 7) is 1.75. The topological polar surface area (TPSA) is 128 Å². The number of pyridine rings is 2. The van der Waals surface area contributed by atoms with E-state index in [2.05, 4.69) is 25.4 Å². The van der Waals surface area contributed by atoms with Gasteiger partial charge in [-0.15, -0.1) is 0 Å². The number of carbonyl (C=O) groups is 1. The second kappa shape index (κ2) is 12.0. The first-order valence-electron chi connectivity index (χ1n) is 13.7. The van der Waals surface area contributed by atoms with Gasteiger partial charge in [-0.05, 0) is 71.7 Å². The number of rotatable bonds is 8. The third-order valence-corrected chi connectivity index (χ3v) is 7.70. The van der Waals surface area contributed by atoms with Crippen molar-refractivity contribution >= 4 is 44.0 Å². The molecule has 1 amide bonds. The highest BCUT2D eigenvalue weighted by molar-refractivity contribution is 7.89. The maximum absolute atomic E-state index is 13.2. The second-order valence-corrected chi connectivity index (χ2v) is 12.5. The smallest absolute Gasteiger partial charge is 0.258 e. The Kier molecular flexibility index (Phi) is 7.82. The monoisotopic (exact) mass is 601 g/mol. The molecule has 0 aliphatic carbocycles. The van der Waals surface area contributed by atoms with Gasteiger partial charge in [-0.2, -0.15) is 4.98 Å². The van der Waals surface area contributed by atoms with Crippen molar-refractivity contribution in [2.45, 2.75) is 12.7 Å². The number of amides is 1. The molecule has 3 heterocycles. The molecular weight excluding hydrogens is 574 g/mol. The number of fused-ring (bicyclic) bond motifs is 1. The SMILES string of the molecule is Cc1noc(/C(=C/c2cccc(-c3cc(C(=O)Nc4cccnc4)cc4cccnc34)c2)c2ccc(CS(C)(=O)=O)cc2)n1. The fourth-order valence-corrected chi connectivity index (χ4v) is 5.70. The van der Waals surface area contributed by atoms with E-state index in [1.165, 1.54) is 6.26 Å². The minimum absolute atomic E-state index is 0.0463. The number of nitrogens with one attached hydrogen (secondary N) is 1. The van der Waals surface area contributed by atoms with Crippen molar-refractivity contribution in [2.24, 2.45) is 0 Å². The Morgan fingerprint density at radius 3 is 2.48 bits per heavy atom. The standard InChI is InChI=1S/C34H27N5O4S/c1-22-37-34(43-39-22)31(25-12-10-23(11-13-25)21-44(2,41)42)17-24-6-3-7-26(16-24)30-19-28(18-27-8-4-15-36-32(27)30)33(40)38-29-9-5-14-35-20-29/h3-20H,21H2,1-2H3,(H,38,40)/b31-17+. The van der Waals surface area contributed by atoms with E-state index in [1.807, 2.05) is 66.7 Å². The number of hydrogen-bond donors (Lipinski definition) is 1. The Morgan fingerprint density at radius 1 is 0.932 bits per heavy atom. The summed E-state index contributed by atoms with van der Waals surface area (Å²) in [5.74, 6) is 0.529. The summed E-state index contributed by atoms with van der Waals surface area (Å²) < 4.78 is 29.1. The van der Waals surface area contributed by atoms with Crippen LogP contribution in [0.2, 0.25) is 0 Å². The molecule has 218 valence electrons. The van der Waals surface area contributed by atoms with Crippen LogP contribution in [0.15, 0.2) is 108 Å². The number of aryl methyl sites for hydroxylation is 1. The van der Waals surface area contributed by atoms with Crippen molar-refractivity contribution in [1.29, 1.82) is 0 Å². The van der Waals surface area contributed by atoms with Crippen LogP contribution >= 0.6 is 0 Å². The van der Waals surface area contributed by atoms with Crippen LogP contribution in [-0.2, 0) is 15.6 Å². The molecule has 6 aromatic rings. The zero-order chi connectivity index (χ0) is 30.7. The maximum Gasteiger partial charge on any atom is 0.258 e. The van der Waals surface area contributed by atoms with Crippen molar-refractivity contribution in [3.63, 3.8) is 0 Å².